The van der Waals surface area contributed by atoms with Crippen LogP contribution in [0.5, 0.6) is 0 Å². The minimum absolute atomic E-state index is 0.0686. The monoisotopic (exact) mass is 322 g/mol. The van der Waals surface area contributed by atoms with Crippen LogP contribution in [0.4, 0.5) is 13.2 Å². The van der Waals surface area contributed by atoms with E-state index in [4.69, 9.17) is 0 Å². The molecule has 0 amide bonds. The lowest BCUT2D eigenvalue weighted by atomic mass is 9.96. The Morgan fingerprint density at radius 2 is 1.95 bits per heavy atom. The van der Waals surface area contributed by atoms with Gasteiger partial charge < -0.3 is 5.32 Å². The van der Waals surface area contributed by atoms with Gasteiger partial charge in [-0.2, -0.15) is 13.2 Å². The van der Waals surface area contributed by atoms with Gasteiger partial charge in [-0.25, -0.2) is 13.1 Å². The van der Waals surface area contributed by atoms with Crippen LogP contribution in [0, 0.1) is 5.92 Å². The molecule has 1 saturated heterocycles. The van der Waals surface area contributed by atoms with Crippen LogP contribution in [0.2, 0.25) is 0 Å². The Bertz CT molecular complexity index is 602. The van der Waals surface area contributed by atoms with E-state index in [1.54, 1.807) is 0 Å². The molecule has 1 heterocycles. The third kappa shape index (κ3) is 3.75. The molecule has 0 unspecified atom stereocenters. The van der Waals surface area contributed by atoms with Crippen LogP contribution in [0.15, 0.2) is 29.2 Å². The molecule has 1 fully saturated rings. The largest absolute Gasteiger partial charge is 0.417 e. The maximum atomic E-state index is 12.9. The third-order valence-electron chi connectivity index (χ3n) is 3.62. The van der Waals surface area contributed by atoms with Gasteiger partial charge in [0.1, 0.15) is 0 Å². The average molecular weight is 322 g/mol. The van der Waals surface area contributed by atoms with Gasteiger partial charge in [0.25, 0.3) is 0 Å². The van der Waals surface area contributed by atoms with E-state index in [0.717, 1.165) is 25.1 Å². The van der Waals surface area contributed by atoms with E-state index in [2.05, 4.69) is 10.0 Å². The summed E-state index contributed by atoms with van der Waals surface area (Å²) in [7, 11) is -4.22. The SMILES string of the molecule is C[C@@H]1CCNC[C@@H]1NS(=O)(=O)c1ccccc1C(F)(F)F. The molecule has 0 aliphatic carbocycles. The molecule has 8 heteroatoms. The van der Waals surface area contributed by atoms with Gasteiger partial charge in [-0.05, 0) is 31.0 Å². The predicted molar refractivity (Wildman–Crippen MR) is 72.2 cm³/mol. The highest BCUT2D eigenvalue weighted by atomic mass is 32.2. The normalized spacial score (nSPS) is 24.0. The van der Waals surface area contributed by atoms with Crippen LogP contribution in [-0.2, 0) is 16.2 Å². The summed E-state index contributed by atoms with van der Waals surface area (Å²) in [5.74, 6) is 0.0686. The summed E-state index contributed by atoms with van der Waals surface area (Å²) in [5.41, 5.74) is -1.14. The standard InChI is InChI=1S/C13H17F3N2O2S/c1-9-6-7-17-8-11(9)18-21(19,20)12-5-3-2-4-10(12)13(14,15)16/h2-5,9,11,17-18H,6-8H2,1H3/t9-,11+/m1/s1. The molecule has 0 aromatic heterocycles. The summed E-state index contributed by atoms with van der Waals surface area (Å²) >= 11 is 0. The van der Waals surface area contributed by atoms with E-state index < -0.39 is 32.7 Å². The van der Waals surface area contributed by atoms with Gasteiger partial charge in [-0.3, -0.25) is 0 Å². The zero-order valence-electron chi connectivity index (χ0n) is 11.4. The molecule has 2 N–H and O–H groups in total. The van der Waals surface area contributed by atoms with E-state index in [0.29, 0.717) is 6.54 Å². The molecular formula is C13H17F3N2O2S. The van der Waals surface area contributed by atoms with Gasteiger partial charge in [0.15, 0.2) is 0 Å². The van der Waals surface area contributed by atoms with Crippen molar-refractivity contribution in [2.45, 2.75) is 30.5 Å². The fraction of sp³-hybridized carbons (Fsp3) is 0.538. The second-order valence-corrected chi connectivity index (χ2v) is 6.87. The Morgan fingerprint density at radius 3 is 2.57 bits per heavy atom. The number of benzene rings is 1. The second-order valence-electron chi connectivity index (χ2n) is 5.19. The zero-order chi connectivity index (χ0) is 15.7. The lowest BCUT2D eigenvalue weighted by molar-refractivity contribution is -0.139. The van der Waals surface area contributed by atoms with Crippen molar-refractivity contribution in [1.82, 2.24) is 10.0 Å². The van der Waals surface area contributed by atoms with E-state index >= 15 is 0 Å². The number of halogens is 3. The highest BCUT2D eigenvalue weighted by Crippen LogP contribution is 2.34. The van der Waals surface area contributed by atoms with Crippen molar-refractivity contribution in [2.75, 3.05) is 13.1 Å². The number of hydrogen-bond acceptors (Lipinski definition) is 3. The second kappa shape index (κ2) is 5.94. The van der Waals surface area contributed by atoms with Crippen molar-refractivity contribution in [1.29, 1.82) is 0 Å². The van der Waals surface area contributed by atoms with Crippen LogP contribution in [0.3, 0.4) is 0 Å². The Labute approximate surface area is 121 Å². The Balaban J connectivity index is 2.32. The van der Waals surface area contributed by atoms with Gasteiger partial charge in [0, 0.05) is 12.6 Å². The number of hydrogen-bond donors (Lipinski definition) is 2. The van der Waals surface area contributed by atoms with E-state index in [1.807, 2.05) is 6.92 Å². The molecule has 4 nitrogen and oxygen atoms in total. The van der Waals surface area contributed by atoms with Gasteiger partial charge in [0.2, 0.25) is 10.0 Å². The summed E-state index contributed by atoms with van der Waals surface area (Å²) < 4.78 is 65.7. The van der Waals surface area contributed by atoms with Crippen LogP contribution < -0.4 is 10.0 Å². The Kier molecular flexibility index (Phi) is 4.60. The van der Waals surface area contributed by atoms with Crippen molar-refractivity contribution in [3.05, 3.63) is 29.8 Å². The molecule has 1 aliphatic heterocycles. The highest BCUT2D eigenvalue weighted by molar-refractivity contribution is 7.89. The minimum atomic E-state index is -4.71. The number of nitrogens with one attached hydrogen (secondary N) is 2. The molecule has 1 aliphatic rings. The maximum Gasteiger partial charge on any atom is 0.417 e. The first-order chi connectivity index (χ1) is 9.72. The topological polar surface area (TPSA) is 58.2 Å². The highest BCUT2D eigenvalue weighted by Gasteiger charge is 2.38. The maximum absolute atomic E-state index is 12.9. The van der Waals surface area contributed by atoms with E-state index in [9.17, 15) is 21.6 Å². The lowest BCUT2D eigenvalue weighted by Crippen LogP contribution is -2.50. The molecule has 1 aromatic rings. The summed E-state index contributed by atoms with van der Waals surface area (Å²) in [6.45, 7) is 3.07. The molecule has 1 aromatic carbocycles. The molecule has 0 spiro atoms. The van der Waals surface area contributed by atoms with Crippen molar-refractivity contribution in [3.63, 3.8) is 0 Å². The fourth-order valence-electron chi connectivity index (χ4n) is 2.35. The number of sulfonamides is 1. The molecule has 0 bridgehead atoms. The number of rotatable bonds is 3. The third-order valence-corrected chi connectivity index (χ3v) is 5.16. The summed E-state index contributed by atoms with van der Waals surface area (Å²) in [4.78, 5) is -0.727. The minimum Gasteiger partial charge on any atom is -0.315 e. The molecule has 21 heavy (non-hydrogen) atoms. The van der Waals surface area contributed by atoms with Gasteiger partial charge in [-0.15, -0.1) is 0 Å². The quantitative estimate of drug-likeness (QED) is 0.895. The first kappa shape index (κ1) is 16.3. The van der Waals surface area contributed by atoms with Crippen LogP contribution in [0.1, 0.15) is 18.9 Å². The number of alkyl halides is 3. The molecule has 0 radical (unpaired) electrons. The molecule has 0 saturated carbocycles. The molecule has 2 rings (SSSR count). The smallest absolute Gasteiger partial charge is 0.315 e. The van der Waals surface area contributed by atoms with Gasteiger partial charge >= 0.3 is 6.18 Å². The van der Waals surface area contributed by atoms with Crippen LogP contribution in [0.25, 0.3) is 0 Å². The summed E-state index contributed by atoms with van der Waals surface area (Å²) in [6, 6.07) is 3.80. The fourth-order valence-corrected chi connectivity index (χ4v) is 3.92. The van der Waals surface area contributed by atoms with Crippen molar-refractivity contribution in [3.8, 4) is 0 Å². The van der Waals surface area contributed by atoms with Gasteiger partial charge in [-0.1, -0.05) is 19.1 Å². The van der Waals surface area contributed by atoms with Crippen LogP contribution in [-0.4, -0.2) is 27.5 Å². The lowest BCUT2D eigenvalue weighted by Gasteiger charge is -2.30. The van der Waals surface area contributed by atoms with Crippen molar-refractivity contribution < 1.29 is 21.6 Å². The Morgan fingerprint density at radius 1 is 1.29 bits per heavy atom. The van der Waals surface area contributed by atoms with Crippen molar-refractivity contribution >= 4 is 10.0 Å². The van der Waals surface area contributed by atoms with Gasteiger partial charge in [0.05, 0.1) is 10.5 Å². The molecule has 2 atom stereocenters. The Hall–Kier alpha value is -1.12. The van der Waals surface area contributed by atoms with Crippen LogP contribution >= 0.6 is 0 Å². The first-order valence-electron chi connectivity index (χ1n) is 6.61. The number of piperidine rings is 1. The summed E-state index contributed by atoms with van der Waals surface area (Å²) in [5, 5.41) is 3.03. The summed E-state index contributed by atoms with van der Waals surface area (Å²) in [6.07, 6.45) is -3.93. The first-order valence-corrected chi connectivity index (χ1v) is 8.09. The van der Waals surface area contributed by atoms with E-state index in [-0.39, 0.29) is 5.92 Å². The van der Waals surface area contributed by atoms with Crippen molar-refractivity contribution in [2.24, 2.45) is 5.92 Å². The zero-order valence-corrected chi connectivity index (χ0v) is 12.3. The molecule has 118 valence electrons. The average Bonchev–Trinajstić information content (AvgIpc) is 2.40. The molecular weight excluding hydrogens is 305 g/mol. The predicted octanol–water partition coefficient (Wildman–Crippen LogP) is 1.98. The van der Waals surface area contributed by atoms with E-state index in [1.165, 1.54) is 12.1 Å².